The molecular weight excluding hydrogens is 178 g/mol. The molecule has 14 heavy (non-hydrogen) atoms. The molecule has 2 rings (SSSR count). The van der Waals surface area contributed by atoms with Gasteiger partial charge in [-0.3, -0.25) is 0 Å². The summed E-state index contributed by atoms with van der Waals surface area (Å²) in [5.41, 5.74) is 6.32. The first-order valence-corrected chi connectivity index (χ1v) is 5.22. The Kier molecular flexibility index (Phi) is 2.72. The van der Waals surface area contributed by atoms with Crippen molar-refractivity contribution in [1.29, 1.82) is 0 Å². The van der Waals surface area contributed by atoms with E-state index >= 15 is 0 Å². The Bertz CT molecular complexity index is 297. The summed E-state index contributed by atoms with van der Waals surface area (Å²) in [5, 5.41) is 0. The van der Waals surface area contributed by atoms with E-state index in [-0.39, 0.29) is 0 Å². The minimum atomic E-state index is 0.450. The van der Waals surface area contributed by atoms with E-state index in [1.807, 2.05) is 0 Å². The van der Waals surface area contributed by atoms with Crippen molar-refractivity contribution in [3.05, 3.63) is 12.0 Å². The summed E-state index contributed by atoms with van der Waals surface area (Å²) in [7, 11) is 0. The SMILES string of the molecule is CC1CCCCN1c1nc(CN)co1. The van der Waals surface area contributed by atoms with Gasteiger partial charge in [0.15, 0.2) is 0 Å². The smallest absolute Gasteiger partial charge is 0.297 e. The van der Waals surface area contributed by atoms with Crippen LogP contribution in [0.2, 0.25) is 0 Å². The molecule has 78 valence electrons. The van der Waals surface area contributed by atoms with Gasteiger partial charge in [0, 0.05) is 19.1 Å². The number of nitrogens with two attached hydrogens (primary N) is 1. The van der Waals surface area contributed by atoms with Crippen LogP contribution >= 0.6 is 0 Å². The number of hydrogen-bond acceptors (Lipinski definition) is 4. The zero-order valence-electron chi connectivity index (χ0n) is 8.57. The van der Waals surface area contributed by atoms with Crippen molar-refractivity contribution in [3.8, 4) is 0 Å². The van der Waals surface area contributed by atoms with E-state index in [1.54, 1.807) is 6.26 Å². The number of anilines is 1. The largest absolute Gasteiger partial charge is 0.432 e. The molecule has 1 fully saturated rings. The topological polar surface area (TPSA) is 55.3 Å². The van der Waals surface area contributed by atoms with Crippen molar-refractivity contribution in [1.82, 2.24) is 4.98 Å². The van der Waals surface area contributed by atoms with Gasteiger partial charge < -0.3 is 15.1 Å². The van der Waals surface area contributed by atoms with Crippen LogP contribution in [0.1, 0.15) is 31.9 Å². The van der Waals surface area contributed by atoms with Gasteiger partial charge in [-0.1, -0.05) is 0 Å². The van der Waals surface area contributed by atoms with E-state index in [2.05, 4.69) is 16.8 Å². The lowest BCUT2D eigenvalue weighted by Crippen LogP contribution is -2.37. The Morgan fingerprint density at radius 2 is 2.50 bits per heavy atom. The minimum Gasteiger partial charge on any atom is -0.432 e. The highest BCUT2D eigenvalue weighted by Gasteiger charge is 2.22. The van der Waals surface area contributed by atoms with Crippen LogP contribution in [0.15, 0.2) is 10.7 Å². The Balaban J connectivity index is 2.12. The number of hydrogen-bond donors (Lipinski definition) is 1. The zero-order chi connectivity index (χ0) is 9.97. The molecule has 1 aliphatic rings. The summed E-state index contributed by atoms with van der Waals surface area (Å²) >= 11 is 0. The molecule has 1 aliphatic heterocycles. The maximum Gasteiger partial charge on any atom is 0.297 e. The van der Waals surface area contributed by atoms with Crippen molar-refractivity contribution in [2.24, 2.45) is 5.73 Å². The van der Waals surface area contributed by atoms with Crippen molar-refractivity contribution >= 4 is 6.01 Å². The van der Waals surface area contributed by atoms with E-state index in [0.717, 1.165) is 18.3 Å². The van der Waals surface area contributed by atoms with Crippen molar-refractivity contribution < 1.29 is 4.42 Å². The molecule has 0 saturated carbocycles. The molecule has 0 radical (unpaired) electrons. The summed E-state index contributed by atoms with van der Waals surface area (Å²) in [6.07, 6.45) is 5.41. The second kappa shape index (κ2) is 4.00. The van der Waals surface area contributed by atoms with Gasteiger partial charge in [0.25, 0.3) is 6.01 Å². The van der Waals surface area contributed by atoms with Gasteiger partial charge in [0.05, 0.1) is 5.69 Å². The summed E-state index contributed by atoms with van der Waals surface area (Å²) in [6.45, 7) is 3.71. The third-order valence-electron chi connectivity index (χ3n) is 2.80. The molecule has 0 aliphatic carbocycles. The van der Waals surface area contributed by atoms with Gasteiger partial charge in [-0.25, -0.2) is 0 Å². The number of rotatable bonds is 2. The van der Waals surface area contributed by atoms with E-state index in [9.17, 15) is 0 Å². The highest BCUT2D eigenvalue weighted by atomic mass is 16.4. The normalized spacial score (nSPS) is 22.7. The minimum absolute atomic E-state index is 0.450. The molecular formula is C10H17N3O. The van der Waals surface area contributed by atoms with Crippen LogP contribution in [0, 0.1) is 0 Å². The fourth-order valence-corrected chi connectivity index (χ4v) is 1.90. The first kappa shape index (κ1) is 9.52. The molecule has 1 atom stereocenters. The van der Waals surface area contributed by atoms with Gasteiger partial charge in [-0.2, -0.15) is 4.98 Å². The van der Waals surface area contributed by atoms with Crippen LogP contribution < -0.4 is 10.6 Å². The van der Waals surface area contributed by atoms with Crippen LogP contribution in [-0.4, -0.2) is 17.6 Å². The predicted molar refractivity (Wildman–Crippen MR) is 55.1 cm³/mol. The second-order valence-electron chi connectivity index (χ2n) is 3.86. The highest BCUT2D eigenvalue weighted by molar-refractivity contribution is 5.29. The summed E-state index contributed by atoms with van der Waals surface area (Å²) in [5.74, 6) is 0. The van der Waals surface area contributed by atoms with Crippen LogP contribution in [0.4, 0.5) is 6.01 Å². The van der Waals surface area contributed by atoms with Crippen molar-refractivity contribution in [2.45, 2.75) is 38.8 Å². The third-order valence-corrected chi connectivity index (χ3v) is 2.80. The summed E-state index contributed by atoms with van der Waals surface area (Å²) in [6, 6.07) is 1.27. The number of aromatic nitrogens is 1. The number of nitrogens with zero attached hydrogens (tertiary/aromatic N) is 2. The van der Waals surface area contributed by atoms with Gasteiger partial charge in [0.2, 0.25) is 0 Å². The Labute approximate surface area is 84.1 Å². The van der Waals surface area contributed by atoms with Crippen LogP contribution in [0.25, 0.3) is 0 Å². The summed E-state index contributed by atoms with van der Waals surface area (Å²) < 4.78 is 5.40. The fraction of sp³-hybridized carbons (Fsp3) is 0.700. The highest BCUT2D eigenvalue weighted by Crippen LogP contribution is 2.23. The van der Waals surface area contributed by atoms with E-state index < -0.39 is 0 Å². The van der Waals surface area contributed by atoms with Crippen LogP contribution in [0.3, 0.4) is 0 Å². The molecule has 1 saturated heterocycles. The fourth-order valence-electron chi connectivity index (χ4n) is 1.90. The monoisotopic (exact) mass is 195 g/mol. The standard InChI is InChI=1S/C10H17N3O/c1-8-4-2-3-5-13(8)10-12-9(6-11)7-14-10/h7-8H,2-6,11H2,1H3. The molecule has 0 amide bonds. The van der Waals surface area contributed by atoms with E-state index in [1.165, 1.54) is 19.3 Å². The average Bonchev–Trinajstić information content (AvgIpc) is 2.67. The van der Waals surface area contributed by atoms with Crippen LogP contribution in [-0.2, 0) is 6.54 Å². The van der Waals surface area contributed by atoms with Crippen molar-refractivity contribution in [3.63, 3.8) is 0 Å². The van der Waals surface area contributed by atoms with Gasteiger partial charge in [0.1, 0.15) is 6.26 Å². The van der Waals surface area contributed by atoms with Gasteiger partial charge in [-0.15, -0.1) is 0 Å². The Morgan fingerprint density at radius 3 is 3.14 bits per heavy atom. The molecule has 2 N–H and O–H groups in total. The molecule has 4 heteroatoms. The first-order chi connectivity index (χ1) is 6.81. The third kappa shape index (κ3) is 1.75. The van der Waals surface area contributed by atoms with E-state index in [4.69, 9.17) is 10.2 Å². The first-order valence-electron chi connectivity index (χ1n) is 5.22. The maximum atomic E-state index is 5.49. The molecule has 1 aromatic rings. The lowest BCUT2D eigenvalue weighted by atomic mass is 10.0. The molecule has 1 unspecified atom stereocenters. The lowest BCUT2D eigenvalue weighted by molar-refractivity contribution is 0.434. The van der Waals surface area contributed by atoms with Crippen LogP contribution in [0.5, 0.6) is 0 Å². The molecule has 2 heterocycles. The average molecular weight is 195 g/mol. The number of piperidine rings is 1. The molecule has 0 aromatic carbocycles. The van der Waals surface area contributed by atoms with Gasteiger partial charge in [-0.05, 0) is 26.2 Å². The lowest BCUT2D eigenvalue weighted by Gasteiger charge is -2.31. The predicted octanol–water partition coefficient (Wildman–Crippen LogP) is 1.51. The summed E-state index contributed by atoms with van der Waals surface area (Å²) in [4.78, 5) is 6.56. The Morgan fingerprint density at radius 1 is 1.64 bits per heavy atom. The molecule has 0 bridgehead atoms. The van der Waals surface area contributed by atoms with E-state index in [0.29, 0.717) is 12.6 Å². The quantitative estimate of drug-likeness (QED) is 0.777. The van der Waals surface area contributed by atoms with Crippen molar-refractivity contribution in [2.75, 3.05) is 11.4 Å². The molecule has 4 nitrogen and oxygen atoms in total. The Hall–Kier alpha value is -1.03. The zero-order valence-corrected chi connectivity index (χ0v) is 8.57. The van der Waals surface area contributed by atoms with Gasteiger partial charge >= 0.3 is 0 Å². The molecule has 1 aromatic heterocycles. The molecule has 0 spiro atoms. The second-order valence-corrected chi connectivity index (χ2v) is 3.86. The number of oxazole rings is 1. The maximum absolute atomic E-state index is 5.49.